The lowest BCUT2D eigenvalue weighted by Gasteiger charge is -2.18. The van der Waals surface area contributed by atoms with E-state index in [1.807, 2.05) is 0 Å². The molecule has 1 atom stereocenters. The van der Waals surface area contributed by atoms with Crippen molar-refractivity contribution in [3.05, 3.63) is 122 Å². The van der Waals surface area contributed by atoms with Gasteiger partial charge in [0.15, 0.2) is 6.10 Å². The van der Waals surface area contributed by atoms with Crippen LogP contribution in [-0.2, 0) is 28.6 Å². The van der Waals surface area contributed by atoms with Crippen LogP contribution in [0.2, 0.25) is 0 Å². The maximum atomic E-state index is 12.8. The van der Waals surface area contributed by atoms with Gasteiger partial charge in [0.2, 0.25) is 0 Å². The first-order valence-corrected chi connectivity index (χ1v) is 30.0. The lowest BCUT2D eigenvalue weighted by atomic mass is 10.1. The Morgan fingerprint density at radius 1 is 0.288 bits per heavy atom. The fraction of sp³-hybridized carbons (Fsp3) is 0.657. The molecule has 0 saturated carbocycles. The van der Waals surface area contributed by atoms with E-state index in [2.05, 4.69) is 142 Å². The number of rotatable bonds is 53. The molecule has 0 aromatic carbocycles. The molecule has 0 fully saturated rings. The highest BCUT2D eigenvalue weighted by atomic mass is 16.6. The zero-order valence-electron chi connectivity index (χ0n) is 47.4. The summed E-state index contributed by atoms with van der Waals surface area (Å²) in [6.45, 7) is 6.32. The van der Waals surface area contributed by atoms with Crippen LogP contribution in [0.25, 0.3) is 0 Å². The molecule has 0 aliphatic carbocycles. The third kappa shape index (κ3) is 58.6. The van der Waals surface area contributed by atoms with Crippen molar-refractivity contribution in [2.75, 3.05) is 13.2 Å². The van der Waals surface area contributed by atoms with Crippen molar-refractivity contribution in [1.82, 2.24) is 0 Å². The molecule has 0 aliphatic rings. The fourth-order valence-electron chi connectivity index (χ4n) is 8.03. The van der Waals surface area contributed by atoms with Crippen LogP contribution in [0.4, 0.5) is 0 Å². The van der Waals surface area contributed by atoms with Crippen LogP contribution < -0.4 is 0 Å². The van der Waals surface area contributed by atoms with Crippen LogP contribution in [0.15, 0.2) is 122 Å². The molecule has 0 heterocycles. The van der Waals surface area contributed by atoms with E-state index in [1.54, 1.807) is 0 Å². The Morgan fingerprint density at radius 3 is 0.836 bits per heavy atom. The molecular weight excluding hydrogens is 901 g/mol. The Morgan fingerprint density at radius 2 is 0.534 bits per heavy atom. The average Bonchev–Trinajstić information content (AvgIpc) is 3.39. The van der Waals surface area contributed by atoms with Crippen LogP contribution in [0.1, 0.15) is 265 Å². The smallest absolute Gasteiger partial charge is 0.306 e. The molecule has 0 spiro atoms. The zero-order chi connectivity index (χ0) is 52.9. The van der Waals surface area contributed by atoms with Crippen LogP contribution in [0.3, 0.4) is 0 Å². The molecular formula is C67H110O6. The first-order chi connectivity index (χ1) is 36.0. The minimum absolute atomic E-state index is 0.0847. The van der Waals surface area contributed by atoms with E-state index < -0.39 is 6.10 Å². The number of ether oxygens (including phenoxy) is 3. The van der Waals surface area contributed by atoms with E-state index in [1.165, 1.54) is 89.9 Å². The van der Waals surface area contributed by atoms with E-state index in [4.69, 9.17) is 14.2 Å². The molecule has 0 N–H and O–H groups in total. The summed E-state index contributed by atoms with van der Waals surface area (Å²) in [5.41, 5.74) is 0. The molecule has 73 heavy (non-hydrogen) atoms. The van der Waals surface area contributed by atoms with Gasteiger partial charge in [0.05, 0.1) is 0 Å². The lowest BCUT2D eigenvalue weighted by molar-refractivity contribution is -0.167. The molecule has 6 nitrogen and oxygen atoms in total. The monoisotopic (exact) mass is 1010 g/mol. The van der Waals surface area contributed by atoms with E-state index >= 15 is 0 Å². The Labute approximate surface area is 450 Å². The van der Waals surface area contributed by atoms with E-state index in [9.17, 15) is 14.4 Å². The molecule has 0 aromatic rings. The van der Waals surface area contributed by atoms with Crippen molar-refractivity contribution in [2.45, 2.75) is 271 Å². The van der Waals surface area contributed by atoms with Crippen molar-refractivity contribution in [3.8, 4) is 0 Å². The topological polar surface area (TPSA) is 78.9 Å². The van der Waals surface area contributed by atoms with Crippen LogP contribution in [-0.4, -0.2) is 37.2 Å². The molecule has 0 aromatic heterocycles. The summed E-state index contributed by atoms with van der Waals surface area (Å²) in [5.74, 6) is -0.911. The van der Waals surface area contributed by atoms with Gasteiger partial charge in [-0.1, -0.05) is 258 Å². The van der Waals surface area contributed by atoms with Gasteiger partial charge < -0.3 is 14.2 Å². The quantitative estimate of drug-likeness (QED) is 0.0261. The van der Waals surface area contributed by atoms with Crippen LogP contribution in [0.5, 0.6) is 0 Å². The molecule has 1 unspecified atom stereocenters. The highest BCUT2D eigenvalue weighted by molar-refractivity contribution is 5.71. The summed E-state index contributed by atoms with van der Waals surface area (Å²) in [6.07, 6.45) is 83.8. The van der Waals surface area contributed by atoms with Gasteiger partial charge in [0.25, 0.3) is 0 Å². The molecule has 0 aliphatic heterocycles. The largest absolute Gasteiger partial charge is 0.462 e. The van der Waals surface area contributed by atoms with E-state index in [-0.39, 0.29) is 31.1 Å². The highest BCUT2D eigenvalue weighted by Crippen LogP contribution is 2.15. The molecule has 0 rings (SSSR count). The summed E-state index contributed by atoms with van der Waals surface area (Å²) in [6, 6.07) is 0. The van der Waals surface area contributed by atoms with Crippen molar-refractivity contribution in [3.63, 3.8) is 0 Å². The lowest BCUT2D eigenvalue weighted by Crippen LogP contribution is -2.30. The zero-order valence-corrected chi connectivity index (χ0v) is 47.4. The van der Waals surface area contributed by atoms with Gasteiger partial charge in [0.1, 0.15) is 13.2 Å². The third-order valence-corrected chi connectivity index (χ3v) is 12.5. The van der Waals surface area contributed by atoms with Gasteiger partial charge in [-0.05, 0) is 109 Å². The van der Waals surface area contributed by atoms with Gasteiger partial charge in [-0.25, -0.2) is 0 Å². The maximum absolute atomic E-state index is 12.8. The standard InChI is InChI=1S/C67H110O6/c1-4-7-10-13-15-17-19-21-23-25-27-29-30-31-32-33-34-35-36-38-39-41-43-45-47-49-51-54-57-60-66(69)72-63-64(62-71-65(68)59-56-53-12-9-6-3)73-67(70)61-58-55-52-50-48-46-44-42-40-37-28-26-24-22-20-18-16-14-11-8-5-2/h7-8,10-11,15-18,21-24,27-29,31-32,34-35,37,64H,4-6,9,12-14,19-20,25-26,30,33,36,38-63H2,1-3H3/b10-7-,11-8-,17-15-,18-16-,23-21-,24-22-,29-27-,32-31-,35-34-,37-28-. The molecule has 414 valence electrons. The van der Waals surface area contributed by atoms with Crippen molar-refractivity contribution in [2.24, 2.45) is 0 Å². The minimum atomic E-state index is -0.783. The number of hydrogen-bond donors (Lipinski definition) is 0. The molecule has 0 saturated heterocycles. The number of esters is 3. The van der Waals surface area contributed by atoms with Gasteiger partial charge in [-0.3, -0.25) is 14.4 Å². The predicted molar refractivity (Wildman–Crippen MR) is 316 cm³/mol. The second-order valence-electron chi connectivity index (χ2n) is 19.5. The Balaban J connectivity index is 4.10. The SMILES string of the molecule is CC/C=C\C/C=C\C/C=C\C/C=C\C/C=C\C/C=C\CCCCCCCCCCCCC(=O)OCC(COC(=O)CCCCCCC)OC(=O)CCCCCCCCCC/C=C\C/C=C\C/C=C\C/C=C\CC. The van der Waals surface area contributed by atoms with E-state index in [0.717, 1.165) is 135 Å². The number of unbranched alkanes of at least 4 members (excludes halogenated alkanes) is 22. The second kappa shape index (κ2) is 60.4. The summed E-state index contributed by atoms with van der Waals surface area (Å²) in [5, 5.41) is 0. The minimum Gasteiger partial charge on any atom is -0.462 e. The predicted octanol–water partition coefficient (Wildman–Crippen LogP) is 20.4. The first kappa shape index (κ1) is 68.8. The fourth-order valence-corrected chi connectivity index (χ4v) is 8.03. The summed E-state index contributed by atoms with van der Waals surface area (Å²) in [7, 11) is 0. The number of carbonyl (C=O) groups excluding carboxylic acids is 3. The summed E-state index contributed by atoms with van der Waals surface area (Å²) >= 11 is 0. The summed E-state index contributed by atoms with van der Waals surface area (Å²) < 4.78 is 16.7. The van der Waals surface area contributed by atoms with Crippen LogP contribution >= 0.6 is 0 Å². The van der Waals surface area contributed by atoms with Crippen molar-refractivity contribution < 1.29 is 28.6 Å². The van der Waals surface area contributed by atoms with Gasteiger partial charge in [-0.15, -0.1) is 0 Å². The Bertz CT molecular complexity index is 1540. The summed E-state index contributed by atoms with van der Waals surface area (Å²) in [4.78, 5) is 37.9. The second-order valence-corrected chi connectivity index (χ2v) is 19.5. The number of allylic oxidation sites excluding steroid dienone is 20. The van der Waals surface area contributed by atoms with Crippen LogP contribution in [0, 0.1) is 0 Å². The molecule has 6 heteroatoms. The average molecular weight is 1010 g/mol. The first-order valence-electron chi connectivity index (χ1n) is 30.0. The van der Waals surface area contributed by atoms with Gasteiger partial charge in [0, 0.05) is 19.3 Å². The van der Waals surface area contributed by atoms with E-state index in [0.29, 0.717) is 19.3 Å². The molecule has 0 amide bonds. The van der Waals surface area contributed by atoms with Crippen molar-refractivity contribution >= 4 is 17.9 Å². The molecule has 0 radical (unpaired) electrons. The number of hydrogen-bond acceptors (Lipinski definition) is 6. The number of carbonyl (C=O) groups is 3. The normalized spacial score (nSPS) is 13.0. The Hall–Kier alpha value is -4.19. The molecule has 0 bridgehead atoms. The van der Waals surface area contributed by atoms with Crippen molar-refractivity contribution in [1.29, 1.82) is 0 Å². The highest BCUT2D eigenvalue weighted by Gasteiger charge is 2.19. The van der Waals surface area contributed by atoms with Gasteiger partial charge >= 0.3 is 17.9 Å². The van der Waals surface area contributed by atoms with Gasteiger partial charge in [-0.2, -0.15) is 0 Å². The maximum Gasteiger partial charge on any atom is 0.306 e. The third-order valence-electron chi connectivity index (χ3n) is 12.5. The Kier molecular flexibility index (Phi) is 56.9.